The van der Waals surface area contributed by atoms with Crippen molar-refractivity contribution in [3.05, 3.63) is 35.6 Å². The van der Waals surface area contributed by atoms with Crippen molar-refractivity contribution < 1.29 is 19.1 Å². The van der Waals surface area contributed by atoms with E-state index in [1.165, 1.54) is 12.1 Å². The fourth-order valence-electron chi connectivity index (χ4n) is 2.50. The van der Waals surface area contributed by atoms with Crippen LogP contribution >= 0.6 is 0 Å². The van der Waals surface area contributed by atoms with Gasteiger partial charge in [0.15, 0.2) is 0 Å². The minimum atomic E-state index is -0.884. The van der Waals surface area contributed by atoms with E-state index < -0.39 is 11.9 Å². The largest absolute Gasteiger partial charge is 0.481 e. The predicted octanol–water partition coefficient (Wildman–Crippen LogP) is 3.03. The Kier molecular flexibility index (Phi) is 5.16. The maximum atomic E-state index is 12.9. The lowest BCUT2D eigenvalue weighted by molar-refractivity contribution is -0.143. The average Bonchev–Trinajstić information content (AvgIpc) is 3.29. The number of hydrogen-bond acceptors (Lipinski definition) is 2. The number of hydrogen-bond donors (Lipinski definition) is 1. The highest BCUT2D eigenvalue weighted by Crippen LogP contribution is 2.30. The van der Waals surface area contributed by atoms with Gasteiger partial charge < -0.3 is 10.0 Å². The molecule has 120 valence electrons. The van der Waals surface area contributed by atoms with E-state index in [0.717, 1.165) is 18.4 Å². The van der Waals surface area contributed by atoms with Gasteiger partial charge in [-0.2, -0.15) is 0 Å². The number of carbonyl (C=O) groups excluding carboxylic acids is 1. The minimum Gasteiger partial charge on any atom is -0.481 e. The lowest BCUT2D eigenvalue weighted by Gasteiger charge is -2.26. The molecule has 0 spiro atoms. The number of carbonyl (C=O) groups is 2. The molecule has 1 aromatic carbocycles. The normalized spacial score (nSPS) is 16.9. The second-order valence-electron chi connectivity index (χ2n) is 6.17. The van der Waals surface area contributed by atoms with Crippen molar-refractivity contribution in [1.29, 1.82) is 0 Å². The summed E-state index contributed by atoms with van der Waals surface area (Å²) in [6.07, 6.45) is 2.21. The quantitative estimate of drug-likeness (QED) is 0.842. The molecule has 0 bridgehead atoms. The number of aliphatic carboxylic acids is 1. The van der Waals surface area contributed by atoms with Gasteiger partial charge in [0.05, 0.1) is 5.92 Å². The average molecular weight is 307 g/mol. The fourth-order valence-corrected chi connectivity index (χ4v) is 2.50. The summed E-state index contributed by atoms with van der Waals surface area (Å²) in [5.41, 5.74) is 0.914. The van der Waals surface area contributed by atoms with Crippen LogP contribution in [0.4, 0.5) is 4.39 Å². The zero-order chi connectivity index (χ0) is 16.3. The second-order valence-corrected chi connectivity index (χ2v) is 6.17. The molecule has 1 aliphatic carbocycles. The van der Waals surface area contributed by atoms with Crippen LogP contribution in [-0.2, 0) is 9.59 Å². The van der Waals surface area contributed by atoms with Gasteiger partial charge in [0.1, 0.15) is 5.82 Å². The molecule has 0 aliphatic heterocycles. The highest BCUT2D eigenvalue weighted by molar-refractivity contribution is 5.79. The van der Waals surface area contributed by atoms with Gasteiger partial charge in [0.25, 0.3) is 0 Å². The van der Waals surface area contributed by atoms with E-state index in [1.807, 2.05) is 6.92 Å². The first-order valence-corrected chi connectivity index (χ1v) is 7.66. The molecular weight excluding hydrogens is 285 g/mol. The predicted molar refractivity (Wildman–Crippen MR) is 81.0 cm³/mol. The fraction of sp³-hybridized carbons (Fsp3) is 0.529. The topological polar surface area (TPSA) is 57.6 Å². The minimum absolute atomic E-state index is 0.0190. The number of amides is 1. The van der Waals surface area contributed by atoms with E-state index in [-0.39, 0.29) is 30.2 Å². The molecule has 0 aromatic heterocycles. The SMILES string of the molecule is CC(CN(C(=O)CC(C)c1ccc(F)cc1)C1CC1)C(=O)O. The molecule has 0 heterocycles. The third-order valence-corrected chi connectivity index (χ3v) is 4.12. The van der Waals surface area contributed by atoms with E-state index in [2.05, 4.69) is 0 Å². The van der Waals surface area contributed by atoms with E-state index >= 15 is 0 Å². The van der Waals surface area contributed by atoms with Crippen LogP contribution in [0.1, 0.15) is 44.6 Å². The molecule has 2 unspecified atom stereocenters. The molecule has 0 radical (unpaired) electrons. The highest BCUT2D eigenvalue weighted by Gasteiger charge is 2.34. The maximum Gasteiger partial charge on any atom is 0.308 e. The molecule has 1 fully saturated rings. The van der Waals surface area contributed by atoms with Gasteiger partial charge in [0, 0.05) is 19.0 Å². The van der Waals surface area contributed by atoms with Crippen LogP contribution in [-0.4, -0.2) is 34.5 Å². The molecule has 1 amide bonds. The van der Waals surface area contributed by atoms with Crippen LogP contribution in [0.25, 0.3) is 0 Å². The first-order valence-electron chi connectivity index (χ1n) is 7.66. The second kappa shape index (κ2) is 6.90. The first-order chi connectivity index (χ1) is 10.4. The molecule has 5 heteroatoms. The summed E-state index contributed by atoms with van der Waals surface area (Å²) in [4.78, 5) is 25.2. The number of carboxylic acid groups (broad SMARTS) is 1. The Balaban J connectivity index is 1.98. The molecular formula is C17H22FNO3. The molecule has 22 heavy (non-hydrogen) atoms. The molecule has 2 atom stereocenters. The van der Waals surface area contributed by atoms with Crippen LogP contribution in [0.3, 0.4) is 0 Å². The van der Waals surface area contributed by atoms with Crippen molar-refractivity contribution in [1.82, 2.24) is 4.90 Å². The van der Waals surface area contributed by atoms with Gasteiger partial charge in [0.2, 0.25) is 5.91 Å². The van der Waals surface area contributed by atoms with Crippen LogP contribution in [0.5, 0.6) is 0 Å². The number of halogens is 1. The smallest absolute Gasteiger partial charge is 0.308 e. The summed E-state index contributed by atoms with van der Waals surface area (Å²) in [6.45, 7) is 3.81. The molecule has 0 saturated heterocycles. The Morgan fingerprint density at radius 2 is 1.86 bits per heavy atom. The molecule has 4 nitrogen and oxygen atoms in total. The van der Waals surface area contributed by atoms with E-state index in [0.29, 0.717) is 6.42 Å². The summed E-state index contributed by atoms with van der Waals surface area (Å²) in [7, 11) is 0. The number of rotatable bonds is 7. The van der Waals surface area contributed by atoms with Gasteiger partial charge in [-0.05, 0) is 36.5 Å². The maximum absolute atomic E-state index is 12.9. The molecule has 1 saturated carbocycles. The van der Waals surface area contributed by atoms with Crippen LogP contribution in [0.2, 0.25) is 0 Å². The van der Waals surface area contributed by atoms with Gasteiger partial charge in [-0.15, -0.1) is 0 Å². The third-order valence-electron chi connectivity index (χ3n) is 4.12. The van der Waals surface area contributed by atoms with Crippen molar-refractivity contribution in [3.63, 3.8) is 0 Å². The third kappa shape index (κ3) is 4.29. The highest BCUT2D eigenvalue weighted by atomic mass is 19.1. The molecule has 2 rings (SSSR count). The summed E-state index contributed by atoms with van der Waals surface area (Å²) < 4.78 is 12.9. The Hall–Kier alpha value is -1.91. The Morgan fingerprint density at radius 3 is 2.36 bits per heavy atom. The number of carboxylic acids is 1. The summed E-state index contributed by atoms with van der Waals surface area (Å²) in [5, 5.41) is 9.03. The van der Waals surface area contributed by atoms with Crippen molar-refractivity contribution in [2.45, 2.75) is 45.1 Å². The summed E-state index contributed by atoms with van der Waals surface area (Å²) in [6, 6.07) is 6.35. The van der Waals surface area contributed by atoms with E-state index in [4.69, 9.17) is 5.11 Å². The van der Waals surface area contributed by atoms with Crippen LogP contribution in [0.15, 0.2) is 24.3 Å². The molecule has 1 aliphatic rings. The monoisotopic (exact) mass is 307 g/mol. The van der Waals surface area contributed by atoms with Gasteiger partial charge >= 0.3 is 5.97 Å². The van der Waals surface area contributed by atoms with E-state index in [1.54, 1.807) is 24.0 Å². The van der Waals surface area contributed by atoms with Crippen LogP contribution in [0, 0.1) is 11.7 Å². The zero-order valence-electron chi connectivity index (χ0n) is 13.0. The van der Waals surface area contributed by atoms with Crippen LogP contribution < -0.4 is 0 Å². The first kappa shape index (κ1) is 16.5. The zero-order valence-corrected chi connectivity index (χ0v) is 13.0. The van der Waals surface area contributed by atoms with Gasteiger partial charge in [-0.3, -0.25) is 9.59 Å². The Labute approximate surface area is 129 Å². The number of benzene rings is 1. The van der Waals surface area contributed by atoms with Crippen molar-refractivity contribution in [3.8, 4) is 0 Å². The standard InChI is InChI=1S/C17H22FNO3/c1-11(13-3-5-14(18)6-4-13)9-16(20)19(15-7-8-15)10-12(2)17(21)22/h3-6,11-12,15H,7-10H2,1-2H3,(H,21,22). The van der Waals surface area contributed by atoms with Gasteiger partial charge in [-0.1, -0.05) is 26.0 Å². The summed E-state index contributed by atoms with van der Waals surface area (Å²) >= 11 is 0. The van der Waals surface area contributed by atoms with Crippen molar-refractivity contribution >= 4 is 11.9 Å². The van der Waals surface area contributed by atoms with Crippen molar-refractivity contribution in [2.75, 3.05) is 6.54 Å². The van der Waals surface area contributed by atoms with E-state index in [9.17, 15) is 14.0 Å². The Morgan fingerprint density at radius 1 is 1.27 bits per heavy atom. The molecule has 1 N–H and O–H groups in total. The lowest BCUT2D eigenvalue weighted by atomic mass is 9.97. The van der Waals surface area contributed by atoms with Crippen molar-refractivity contribution in [2.24, 2.45) is 5.92 Å². The molecule has 1 aromatic rings. The number of nitrogens with zero attached hydrogens (tertiary/aromatic N) is 1. The summed E-state index contributed by atoms with van der Waals surface area (Å²) in [5.74, 6) is -1.78. The Bertz CT molecular complexity index is 539. The lowest BCUT2D eigenvalue weighted by Crippen LogP contribution is -2.39. The van der Waals surface area contributed by atoms with Gasteiger partial charge in [-0.25, -0.2) is 4.39 Å².